The van der Waals surface area contributed by atoms with Crippen LogP contribution in [0.4, 0.5) is 11.4 Å². The summed E-state index contributed by atoms with van der Waals surface area (Å²) in [4.78, 5) is 15.4. The minimum absolute atomic E-state index is 0.117. The van der Waals surface area contributed by atoms with Crippen molar-refractivity contribution in [1.82, 2.24) is 4.90 Å². The smallest absolute Gasteiger partial charge is 0.235 e. The number of anilines is 2. The molecule has 1 saturated carbocycles. The van der Waals surface area contributed by atoms with Crippen LogP contribution in [0, 0.1) is 0 Å². The lowest BCUT2D eigenvalue weighted by Crippen LogP contribution is -2.48. The molecule has 1 N–H and O–H groups in total. The van der Waals surface area contributed by atoms with E-state index in [1.165, 1.54) is 0 Å². The van der Waals surface area contributed by atoms with Gasteiger partial charge in [0.1, 0.15) is 0 Å². The van der Waals surface area contributed by atoms with Gasteiger partial charge in [0.2, 0.25) is 15.9 Å². The summed E-state index contributed by atoms with van der Waals surface area (Å²) >= 11 is 0. The van der Waals surface area contributed by atoms with Crippen LogP contribution in [0.2, 0.25) is 0 Å². The van der Waals surface area contributed by atoms with Gasteiger partial charge in [-0.3, -0.25) is 9.52 Å². The first-order chi connectivity index (χ1) is 11.5. The Kier molecular flexibility index (Phi) is 4.99. The van der Waals surface area contributed by atoms with E-state index in [0.29, 0.717) is 5.69 Å². The number of amides is 1. The van der Waals surface area contributed by atoms with Crippen molar-refractivity contribution in [3.8, 4) is 0 Å². The van der Waals surface area contributed by atoms with E-state index in [1.807, 2.05) is 29.2 Å². The Morgan fingerprint density at radius 1 is 1.04 bits per heavy atom. The SMILES string of the molecule is CC(=O)N1CCN(c2ccc(NS(=O)(=O)C3CCCC3)cc2)CC1. The van der Waals surface area contributed by atoms with Crippen molar-refractivity contribution in [2.45, 2.75) is 37.9 Å². The topological polar surface area (TPSA) is 69.7 Å². The van der Waals surface area contributed by atoms with Crippen LogP contribution in [0.3, 0.4) is 0 Å². The van der Waals surface area contributed by atoms with Crippen LogP contribution in [0.15, 0.2) is 24.3 Å². The molecule has 1 aromatic carbocycles. The van der Waals surface area contributed by atoms with E-state index in [9.17, 15) is 13.2 Å². The summed E-state index contributed by atoms with van der Waals surface area (Å²) in [6.45, 7) is 4.65. The van der Waals surface area contributed by atoms with Gasteiger partial charge in [0.05, 0.1) is 5.25 Å². The highest BCUT2D eigenvalue weighted by atomic mass is 32.2. The molecule has 1 saturated heterocycles. The molecule has 7 heteroatoms. The van der Waals surface area contributed by atoms with E-state index in [1.54, 1.807) is 6.92 Å². The number of piperazine rings is 1. The molecule has 1 aromatic rings. The molecule has 0 aromatic heterocycles. The average Bonchev–Trinajstić information content (AvgIpc) is 3.11. The van der Waals surface area contributed by atoms with Gasteiger partial charge in [-0.05, 0) is 37.1 Å². The van der Waals surface area contributed by atoms with Crippen LogP contribution < -0.4 is 9.62 Å². The fourth-order valence-corrected chi connectivity index (χ4v) is 5.05. The summed E-state index contributed by atoms with van der Waals surface area (Å²) in [6, 6.07) is 7.52. The standard InChI is InChI=1S/C17H25N3O3S/c1-14(21)19-10-12-20(13-11-19)16-8-6-15(7-9-16)18-24(22,23)17-4-2-3-5-17/h6-9,17-18H,2-5,10-13H2,1H3. The first-order valence-corrected chi connectivity index (χ1v) is 10.1. The maximum Gasteiger partial charge on any atom is 0.235 e. The first kappa shape index (κ1) is 17.1. The number of nitrogens with one attached hydrogen (secondary N) is 1. The maximum atomic E-state index is 12.3. The van der Waals surface area contributed by atoms with Crippen molar-refractivity contribution in [3.05, 3.63) is 24.3 Å². The molecule has 0 unspecified atom stereocenters. The second kappa shape index (κ2) is 7.01. The van der Waals surface area contributed by atoms with Gasteiger partial charge in [0, 0.05) is 44.5 Å². The number of sulfonamides is 1. The Bertz CT molecular complexity index is 674. The number of rotatable bonds is 4. The van der Waals surface area contributed by atoms with E-state index in [4.69, 9.17) is 0 Å². The number of carbonyl (C=O) groups excluding carboxylic acids is 1. The lowest BCUT2D eigenvalue weighted by atomic mass is 10.2. The highest BCUT2D eigenvalue weighted by molar-refractivity contribution is 7.93. The van der Waals surface area contributed by atoms with Crippen LogP contribution in [-0.2, 0) is 14.8 Å². The first-order valence-electron chi connectivity index (χ1n) is 8.58. The molecule has 0 radical (unpaired) electrons. The van der Waals surface area contributed by atoms with Crippen molar-refractivity contribution < 1.29 is 13.2 Å². The number of hydrogen-bond donors (Lipinski definition) is 1. The van der Waals surface area contributed by atoms with E-state index in [0.717, 1.165) is 57.5 Å². The quantitative estimate of drug-likeness (QED) is 0.901. The van der Waals surface area contributed by atoms with Crippen molar-refractivity contribution >= 4 is 27.3 Å². The Hall–Kier alpha value is -1.76. The minimum atomic E-state index is -3.28. The van der Waals surface area contributed by atoms with Crippen LogP contribution in [0.1, 0.15) is 32.6 Å². The third kappa shape index (κ3) is 3.83. The zero-order valence-electron chi connectivity index (χ0n) is 14.1. The summed E-state index contributed by atoms with van der Waals surface area (Å²) in [5, 5.41) is -0.253. The Morgan fingerprint density at radius 2 is 1.62 bits per heavy atom. The molecule has 1 aliphatic heterocycles. The number of hydrogen-bond acceptors (Lipinski definition) is 4. The Labute approximate surface area is 143 Å². The van der Waals surface area contributed by atoms with Gasteiger partial charge in [-0.2, -0.15) is 0 Å². The predicted octanol–water partition coefficient (Wildman–Crippen LogP) is 2.04. The summed E-state index contributed by atoms with van der Waals surface area (Å²) in [7, 11) is -3.28. The lowest BCUT2D eigenvalue weighted by Gasteiger charge is -2.35. The van der Waals surface area contributed by atoms with Gasteiger partial charge in [0.15, 0.2) is 0 Å². The molecule has 2 aliphatic rings. The van der Waals surface area contributed by atoms with Crippen LogP contribution in [-0.4, -0.2) is 50.7 Å². The summed E-state index contributed by atoms with van der Waals surface area (Å²) in [5.74, 6) is 0.117. The normalized spacial score (nSPS) is 19.5. The fourth-order valence-electron chi connectivity index (χ4n) is 3.47. The van der Waals surface area contributed by atoms with Crippen molar-refractivity contribution in [1.29, 1.82) is 0 Å². The van der Waals surface area contributed by atoms with Gasteiger partial charge in [-0.15, -0.1) is 0 Å². The molecule has 0 spiro atoms. The Morgan fingerprint density at radius 3 is 2.17 bits per heavy atom. The summed E-state index contributed by atoms with van der Waals surface area (Å²) in [5.41, 5.74) is 1.68. The molecule has 6 nitrogen and oxygen atoms in total. The average molecular weight is 351 g/mol. The Balaban J connectivity index is 1.60. The van der Waals surface area contributed by atoms with Gasteiger partial charge < -0.3 is 9.80 Å². The second-order valence-corrected chi connectivity index (χ2v) is 8.55. The molecular weight excluding hydrogens is 326 g/mol. The summed E-state index contributed by atoms with van der Waals surface area (Å²) < 4.78 is 27.4. The molecule has 0 bridgehead atoms. The highest BCUT2D eigenvalue weighted by Gasteiger charge is 2.28. The number of nitrogens with zero attached hydrogens (tertiary/aromatic N) is 2. The van der Waals surface area contributed by atoms with E-state index < -0.39 is 10.0 Å². The maximum absolute atomic E-state index is 12.3. The van der Waals surface area contributed by atoms with Crippen LogP contribution >= 0.6 is 0 Å². The number of benzene rings is 1. The van der Waals surface area contributed by atoms with Crippen LogP contribution in [0.5, 0.6) is 0 Å². The largest absolute Gasteiger partial charge is 0.368 e. The van der Waals surface area contributed by atoms with Gasteiger partial charge in [0.25, 0.3) is 0 Å². The lowest BCUT2D eigenvalue weighted by molar-refractivity contribution is -0.129. The predicted molar refractivity (Wildman–Crippen MR) is 95.7 cm³/mol. The molecular formula is C17H25N3O3S. The molecule has 3 rings (SSSR count). The van der Waals surface area contributed by atoms with Gasteiger partial charge in [-0.25, -0.2) is 8.42 Å². The highest BCUT2D eigenvalue weighted by Crippen LogP contribution is 2.27. The molecule has 24 heavy (non-hydrogen) atoms. The van der Waals surface area contributed by atoms with Crippen molar-refractivity contribution in [2.24, 2.45) is 0 Å². The zero-order valence-corrected chi connectivity index (χ0v) is 14.9. The van der Waals surface area contributed by atoms with E-state index in [2.05, 4.69) is 9.62 Å². The molecule has 132 valence electrons. The van der Waals surface area contributed by atoms with E-state index >= 15 is 0 Å². The molecule has 1 heterocycles. The monoisotopic (exact) mass is 351 g/mol. The molecule has 1 aliphatic carbocycles. The minimum Gasteiger partial charge on any atom is -0.368 e. The molecule has 2 fully saturated rings. The van der Waals surface area contributed by atoms with E-state index in [-0.39, 0.29) is 11.2 Å². The fraction of sp³-hybridized carbons (Fsp3) is 0.588. The summed E-state index contributed by atoms with van der Waals surface area (Å²) in [6.07, 6.45) is 3.51. The van der Waals surface area contributed by atoms with Crippen LogP contribution in [0.25, 0.3) is 0 Å². The third-order valence-electron chi connectivity index (χ3n) is 4.96. The van der Waals surface area contributed by atoms with Crippen molar-refractivity contribution in [3.63, 3.8) is 0 Å². The number of carbonyl (C=O) groups is 1. The second-order valence-electron chi connectivity index (χ2n) is 6.59. The van der Waals surface area contributed by atoms with Crippen molar-refractivity contribution in [2.75, 3.05) is 35.8 Å². The van der Waals surface area contributed by atoms with Gasteiger partial charge >= 0.3 is 0 Å². The van der Waals surface area contributed by atoms with Gasteiger partial charge in [-0.1, -0.05) is 12.8 Å². The molecule has 1 amide bonds. The zero-order chi connectivity index (χ0) is 17.2. The molecule has 0 atom stereocenters. The third-order valence-corrected chi connectivity index (χ3v) is 6.83.